The summed E-state index contributed by atoms with van der Waals surface area (Å²) in [5.74, 6) is -0.528. The Hall–Kier alpha value is -2.09. The fourth-order valence-electron chi connectivity index (χ4n) is 2.36. The maximum Gasteiger partial charge on any atom is 0.225 e. The van der Waals surface area contributed by atoms with E-state index in [1.807, 2.05) is 49.4 Å². The van der Waals surface area contributed by atoms with Gasteiger partial charge >= 0.3 is 0 Å². The molecule has 0 saturated carbocycles. The van der Waals surface area contributed by atoms with Crippen LogP contribution in [-0.4, -0.2) is 5.91 Å². The van der Waals surface area contributed by atoms with E-state index < -0.39 is 0 Å². The molecule has 19 heavy (non-hydrogen) atoms. The van der Waals surface area contributed by atoms with Crippen LogP contribution >= 0.6 is 0 Å². The van der Waals surface area contributed by atoms with Crippen LogP contribution in [0.1, 0.15) is 28.2 Å². The van der Waals surface area contributed by atoms with Crippen molar-refractivity contribution in [3.63, 3.8) is 0 Å². The van der Waals surface area contributed by atoms with E-state index in [2.05, 4.69) is 13.0 Å². The van der Waals surface area contributed by atoms with Crippen molar-refractivity contribution in [2.45, 2.75) is 26.2 Å². The van der Waals surface area contributed by atoms with Crippen LogP contribution < -0.4 is 5.73 Å². The van der Waals surface area contributed by atoms with Gasteiger partial charge in [-0.2, -0.15) is 0 Å². The molecule has 0 aliphatic heterocycles. The Kier molecular flexibility index (Phi) is 4.00. The monoisotopic (exact) mass is 253 g/mol. The fraction of sp³-hybridized carbons (Fsp3) is 0.235. The standard InChI is InChI=1S/C17H19NO/c1-12-7-6-10-15(13(12)2)16(17(18)19)11-14-8-4-3-5-9-14/h3-10,16H,11H2,1-2H3,(H2,18,19). The number of rotatable bonds is 4. The van der Waals surface area contributed by atoms with Crippen molar-refractivity contribution in [2.75, 3.05) is 0 Å². The molecule has 0 heterocycles. The summed E-state index contributed by atoms with van der Waals surface area (Å²) in [4.78, 5) is 11.8. The molecule has 0 fully saturated rings. The second-order valence-electron chi connectivity index (χ2n) is 4.93. The van der Waals surface area contributed by atoms with Gasteiger partial charge in [0.1, 0.15) is 0 Å². The van der Waals surface area contributed by atoms with Crippen LogP contribution in [0.15, 0.2) is 48.5 Å². The van der Waals surface area contributed by atoms with Gasteiger partial charge in [-0.3, -0.25) is 4.79 Å². The summed E-state index contributed by atoms with van der Waals surface area (Å²) in [7, 11) is 0. The zero-order valence-electron chi connectivity index (χ0n) is 11.4. The van der Waals surface area contributed by atoms with Gasteiger partial charge in [-0.15, -0.1) is 0 Å². The predicted octanol–water partition coefficient (Wildman–Crippen LogP) is 3.12. The SMILES string of the molecule is Cc1cccc(C(Cc2ccccc2)C(N)=O)c1C. The molecule has 0 aliphatic carbocycles. The van der Waals surface area contributed by atoms with Crippen LogP contribution in [-0.2, 0) is 11.2 Å². The van der Waals surface area contributed by atoms with Crippen LogP contribution in [0, 0.1) is 13.8 Å². The third-order valence-electron chi connectivity index (χ3n) is 3.65. The summed E-state index contributed by atoms with van der Waals surface area (Å²) in [6, 6.07) is 16.0. The zero-order chi connectivity index (χ0) is 13.8. The van der Waals surface area contributed by atoms with Crippen LogP contribution in [0.2, 0.25) is 0 Å². The number of hydrogen-bond donors (Lipinski definition) is 1. The van der Waals surface area contributed by atoms with Crippen molar-refractivity contribution >= 4 is 5.91 Å². The molecular weight excluding hydrogens is 234 g/mol. The van der Waals surface area contributed by atoms with E-state index in [0.717, 1.165) is 16.7 Å². The Morgan fingerprint density at radius 2 is 1.74 bits per heavy atom. The minimum Gasteiger partial charge on any atom is -0.369 e. The molecular formula is C17H19NO. The number of carbonyl (C=O) groups excluding carboxylic acids is 1. The molecule has 98 valence electrons. The molecule has 0 spiro atoms. The van der Waals surface area contributed by atoms with Crippen LogP contribution in [0.5, 0.6) is 0 Å². The van der Waals surface area contributed by atoms with E-state index in [1.54, 1.807) is 0 Å². The summed E-state index contributed by atoms with van der Waals surface area (Å²) >= 11 is 0. The molecule has 2 N–H and O–H groups in total. The minimum absolute atomic E-state index is 0.262. The highest BCUT2D eigenvalue weighted by atomic mass is 16.1. The summed E-state index contributed by atoms with van der Waals surface area (Å²) in [6.45, 7) is 4.10. The minimum atomic E-state index is -0.266. The highest BCUT2D eigenvalue weighted by molar-refractivity contribution is 5.82. The van der Waals surface area contributed by atoms with Crippen LogP contribution in [0.4, 0.5) is 0 Å². The summed E-state index contributed by atoms with van der Waals surface area (Å²) < 4.78 is 0. The summed E-state index contributed by atoms with van der Waals surface area (Å²) in [5, 5.41) is 0. The first-order valence-corrected chi connectivity index (χ1v) is 6.49. The number of benzene rings is 2. The molecule has 0 radical (unpaired) electrons. The second kappa shape index (κ2) is 5.70. The average Bonchev–Trinajstić information content (AvgIpc) is 2.40. The third kappa shape index (κ3) is 3.02. The number of hydrogen-bond acceptors (Lipinski definition) is 1. The Balaban J connectivity index is 2.36. The molecule has 2 rings (SSSR count). The third-order valence-corrected chi connectivity index (χ3v) is 3.65. The highest BCUT2D eigenvalue weighted by Crippen LogP contribution is 2.25. The molecule has 2 aromatic carbocycles. The number of primary amides is 1. The Bertz CT molecular complexity index is 575. The zero-order valence-corrected chi connectivity index (χ0v) is 11.4. The van der Waals surface area contributed by atoms with Crippen molar-refractivity contribution in [3.05, 3.63) is 70.8 Å². The lowest BCUT2D eigenvalue weighted by molar-refractivity contribution is -0.119. The first kappa shape index (κ1) is 13.3. The highest BCUT2D eigenvalue weighted by Gasteiger charge is 2.20. The van der Waals surface area contributed by atoms with Crippen molar-refractivity contribution in [2.24, 2.45) is 5.73 Å². The van der Waals surface area contributed by atoms with E-state index in [9.17, 15) is 4.79 Å². The molecule has 0 aromatic heterocycles. The number of aryl methyl sites for hydroxylation is 1. The van der Waals surface area contributed by atoms with E-state index in [1.165, 1.54) is 5.56 Å². The topological polar surface area (TPSA) is 43.1 Å². The predicted molar refractivity (Wildman–Crippen MR) is 78.0 cm³/mol. The normalized spacial score (nSPS) is 12.1. The maximum absolute atomic E-state index is 11.8. The number of amides is 1. The number of carbonyl (C=O) groups is 1. The Morgan fingerprint density at radius 3 is 2.37 bits per heavy atom. The van der Waals surface area contributed by atoms with E-state index in [-0.39, 0.29) is 11.8 Å². The van der Waals surface area contributed by atoms with Gasteiger partial charge in [0, 0.05) is 0 Å². The first-order valence-electron chi connectivity index (χ1n) is 6.49. The molecule has 1 amide bonds. The van der Waals surface area contributed by atoms with E-state index in [0.29, 0.717) is 6.42 Å². The lowest BCUT2D eigenvalue weighted by Gasteiger charge is -2.17. The smallest absolute Gasteiger partial charge is 0.225 e. The van der Waals surface area contributed by atoms with Gasteiger partial charge in [-0.1, -0.05) is 48.5 Å². The van der Waals surface area contributed by atoms with E-state index in [4.69, 9.17) is 5.73 Å². The fourth-order valence-corrected chi connectivity index (χ4v) is 2.36. The molecule has 2 heteroatoms. The molecule has 2 aromatic rings. The van der Waals surface area contributed by atoms with Gasteiger partial charge in [0.2, 0.25) is 5.91 Å². The van der Waals surface area contributed by atoms with Crippen molar-refractivity contribution in [3.8, 4) is 0 Å². The van der Waals surface area contributed by atoms with Crippen molar-refractivity contribution in [1.82, 2.24) is 0 Å². The van der Waals surface area contributed by atoms with Gasteiger partial charge in [-0.05, 0) is 42.5 Å². The molecule has 1 atom stereocenters. The van der Waals surface area contributed by atoms with Gasteiger partial charge in [0.05, 0.1) is 5.92 Å². The van der Waals surface area contributed by atoms with E-state index >= 15 is 0 Å². The Labute approximate surface area is 114 Å². The molecule has 0 saturated heterocycles. The van der Waals surface area contributed by atoms with Gasteiger partial charge < -0.3 is 5.73 Å². The van der Waals surface area contributed by atoms with Gasteiger partial charge in [0.15, 0.2) is 0 Å². The molecule has 2 nitrogen and oxygen atoms in total. The lowest BCUT2D eigenvalue weighted by atomic mass is 9.87. The first-order chi connectivity index (χ1) is 9.09. The van der Waals surface area contributed by atoms with Gasteiger partial charge in [-0.25, -0.2) is 0 Å². The quantitative estimate of drug-likeness (QED) is 0.893. The largest absolute Gasteiger partial charge is 0.369 e. The molecule has 1 unspecified atom stereocenters. The summed E-state index contributed by atoms with van der Waals surface area (Å²) in [6.07, 6.45) is 0.653. The Morgan fingerprint density at radius 1 is 1.05 bits per heavy atom. The van der Waals surface area contributed by atoms with Crippen molar-refractivity contribution in [1.29, 1.82) is 0 Å². The molecule has 0 bridgehead atoms. The number of nitrogens with two attached hydrogens (primary N) is 1. The van der Waals surface area contributed by atoms with Crippen LogP contribution in [0.3, 0.4) is 0 Å². The second-order valence-corrected chi connectivity index (χ2v) is 4.93. The average molecular weight is 253 g/mol. The van der Waals surface area contributed by atoms with Crippen molar-refractivity contribution < 1.29 is 4.79 Å². The maximum atomic E-state index is 11.8. The lowest BCUT2D eigenvalue weighted by Crippen LogP contribution is -2.24. The van der Waals surface area contributed by atoms with Gasteiger partial charge in [0.25, 0.3) is 0 Å². The molecule has 0 aliphatic rings. The summed E-state index contributed by atoms with van der Waals surface area (Å²) in [5.41, 5.74) is 10.1. The van der Waals surface area contributed by atoms with Crippen LogP contribution in [0.25, 0.3) is 0 Å².